The fourth-order valence-corrected chi connectivity index (χ4v) is 2.95. The van der Waals surface area contributed by atoms with Crippen LogP contribution in [0.4, 0.5) is 0 Å². The molecule has 0 spiro atoms. The average molecular weight is 343 g/mol. The zero-order valence-corrected chi connectivity index (χ0v) is 13.8. The highest BCUT2D eigenvalue weighted by atomic mass is 32.1. The molecule has 0 aliphatic carbocycles. The zero-order chi connectivity index (χ0) is 16.9. The maximum atomic E-state index is 12.3. The predicted molar refractivity (Wildman–Crippen MR) is 89.4 cm³/mol. The molecule has 0 aliphatic rings. The Morgan fingerprint density at radius 3 is 2.88 bits per heavy atom. The molecule has 0 saturated heterocycles. The lowest BCUT2D eigenvalue weighted by molar-refractivity contribution is 0.0934. The summed E-state index contributed by atoms with van der Waals surface area (Å²) in [6.45, 7) is 2.14. The van der Waals surface area contributed by atoms with Gasteiger partial charge in [0.1, 0.15) is 6.10 Å². The number of carbonyl (C=O) groups is 1. The molecule has 3 aromatic heterocycles. The number of nitrogens with one attached hydrogen (secondary N) is 1. The molecular formula is C16H17N5O2S. The number of rotatable bonds is 6. The SMILES string of the molecule is C[C@@H](NC(=O)c1cn(C[C@@H](O)c2cccs2)nn1)c1ccncc1. The van der Waals surface area contributed by atoms with Gasteiger partial charge in [-0.2, -0.15) is 0 Å². The molecule has 24 heavy (non-hydrogen) atoms. The van der Waals surface area contributed by atoms with Crippen molar-refractivity contribution in [3.63, 3.8) is 0 Å². The van der Waals surface area contributed by atoms with Crippen molar-refractivity contribution >= 4 is 17.2 Å². The Morgan fingerprint density at radius 2 is 2.17 bits per heavy atom. The first kappa shape index (κ1) is 16.3. The number of thiophene rings is 1. The van der Waals surface area contributed by atoms with Crippen molar-refractivity contribution < 1.29 is 9.90 Å². The fourth-order valence-electron chi connectivity index (χ4n) is 2.25. The molecule has 2 N–H and O–H groups in total. The minimum absolute atomic E-state index is 0.164. The normalized spacial score (nSPS) is 13.4. The van der Waals surface area contributed by atoms with Crippen LogP contribution in [0.3, 0.4) is 0 Å². The van der Waals surface area contributed by atoms with Gasteiger partial charge in [-0.25, -0.2) is 4.68 Å². The number of amides is 1. The largest absolute Gasteiger partial charge is 0.386 e. The molecule has 0 aromatic carbocycles. The van der Waals surface area contributed by atoms with E-state index in [0.717, 1.165) is 10.4 Å². The smallest absolute Gasteiger partial charge is 0.273 e. The van der Waals surface area contributed by atoms with Crippen molar-refractivity contribution in [2.24, 2.45) is 0 Å². The summed E-state index contributed by atoms with van der Waals surface area (Å²) in [4.78, 5) is 17.1. The number of pyridine rings is 1. The van der Waals surface area contributed by atoms with Crippen LogP contribution in [0.15, 0.2) is 48.2 Å². The molecule has 3 heterocycles. The number of aliphatic hydroxyl groups excluding tert-OH is 1. The van der Waals surface area contributed by atoms with Crippen molar-refractivity contribution in [2.45, 2.75) is 25.6 Å². The molecule has 2 atom stereocenters. The van der Waals surface area contributed by atoms with Crippen LogP contribution in [-0.4, -0.2) is 31.0 Å². The lowest BCUT2D eigenvalue weighted by Crippen LogP contribution is -2.27. The summed E-state index contributed by atoms with van der Waals surface area (Å²) in [5.74, 6) is -0.309. The maximum Gasteiger partial charge on any atom is 0.273 e. The number of aliphatic hydroxyl groups is 1. The Hall–Kier alpha value is -2.58. The van der Waals surface area contributed by atoms with E-state index in [4.69, 9.17) is 0 Å². The van der Waals surface area contributed by atoms with Crippen LogP contribution in [0.2, 0.25) is 0 Å². The molecule has 3 aromatic rings. The van der Waals surface area contributed by atoms with Gasteiger partial charge in [-0.1, -0.05) is 11.3 Å². The number of nitrogens with zero attached hydrogens (tertiary/aromatic N) is 4. The van der Waals surface area contributed by atoms with E-state index in [9.17, 15) is 9.90 Å². The molecule has 3 rings (SSSR count). The van der Waals surface area contributed by atoms with E-state index in [1.165, 1.54) is 22.2 Å². The zero-order valence-electron chi connectivity index (χ0n) is 13.0. The summed E-state index contributed by atoms with van der Waals surface area (Å²) in [6, 6.07) is 7.26. The summed E-state index contributed by atoms with van der Waals surface area (Å²) >= 11 is 1.47. The van der Waals surface area contributed by atoms with E-state index in [0.29, 0.717) is 0 Å². The summed E-state index contributed by atoms with van der Waals surface area (Å²) in [7, 11) is 0. The highest BCUT2D eigenvalue weighted by molar-refractivity contribution is 7.10. The van der Waals surface area contributed by atoms with E-state index in [1.807, 2.05) is 36.6 Å². The van der Waals surface area contributed by atoms with Gasteiger partial charge in [0.2, 0.25) is 0 Å². The Labute approximate surface area is 143 Å². The predicted octanol–water partition coefficient (Wildman–Crippen LogP) is 1.96. The minimum atomic E-state index is -0.668. The van der Waals surface area contributed by atoms with Crippen molar-refractivity contribution in [3.8, 4) is 0 Å². The van der Waals surface area contributed by atoms with Crippen LogP contribution in [0.1, 0.15) is 40.0 Å². The molecule has 0 saturated carbocycles. The third-order valence-electron chi connectivity index (χ3n) is 3.56. The molecular weight excluding hydrogens is 326 g/mol. The molecule has 1 amide bonds. The summed E-state index contributed by atoms with van der Waals surface area (Å²) in [6.07, 6.45) is 4.23. The number of hydrogen-bond donors (Lipinski definition) is 2. The highest BCUT2D eigenvalue weighted by Crippen LogP contribution is 2.20. The highest BCUT2D eigenvalue weighted by Gasteiger charge is 2.16. The van der Waals surface area contributed by atoms with Gasteiger partial charge >= 0.3 is 0 Å². The third-order valence-corrected chi connectivity index (χ3v) is 4.53. The summed E-state index contributed by atoms with van der Waals surface area (Å²) in [5.41, 5.74) is 1.17. The van der Waals surface area contributed by atoms with Crippen molar-refractivity contribution in [1.82, 2.24) is 25.3 Å². The Bertz CT molecular complexity index is 788. The summed E-state index contributed by atoms with van der Waals surface area (Å²) in [5, 5.41) is 22.7. The number of carbonyl (C=O) groups excluding carboxylic acids is 1. The van der Waals surface area contributed by atoms with Crippen LogP contribution in [0, 0.1) is 0 Å². The molecule has 0 unspecified atom stereocenters. The van der Waals surface area contributed by atoms with Crippen molar-refractivity contribution in [3.05, 3.63) is 64.4 Å². The number of aromatic nitrogens is 4. The van der Waals surface area contributed by atoms with Crippen LogP contribution in [-0.2, 0) is 6.54 Å². The lowest BCUT2D eigenvalue weighted by Gasteiger charge is -2.12. The summed E-state index contributed by atoms with van der Waals surface area (Å²) < 4.78 is 1.47. The number of hydrogen-bond acceptors (Lipinski definition) is 6. The van der Waals surface area contributed by atoms with Gasteiger partial charge < -0.3 is 10.4 Å². The second-order valence-corrected chi connectivity index (χ2v) is 6.31. The van der Waals surface area contributed by atoms with E-state index in [1.54, 1.807) is 12.4 Å². The van der Waals surface area contributed by atoms with Crippen LogP contribution < -0.4 is 5.32 Å². The topological polar surface area (TPSA) is 92.9 Å². The van der Waals surface area contributed by atoms with E-state index >= 15 is 0 Å². The van der Waals surface area contributed by atoms with Crippen LogP contribution in [0.25, 0.3) is 0 Å². The fraction of sp³-hybridized carbons (Fsp3) is 0.250. The molecule has 0 bridgehead atoms. The van der Waals surface area contributed by atoms with Crippen molar-refractivity contribution in [1.29, 1.82) is 0 Å². The Balaban J connectivity index is 1.61. The lowest BCUT2D eigenvalue weighted by atomic mass is 10.1. The molecule has 7 nitrogen and oxygen atoms in total. The standard InChI is InChI=1S/C16H17N5O2S/c1-11(12-4-6-17-7-5-12)18-16(23)13-9-21(20-19-13)10-14(22)15-3-2-8-24-15/h2-9,11,14,22H,10H2,1H3,(H,18,23)/t11-,14-/m1/s1. The third kappa shape index (κ3) is 3.84. The van der Waals surface area contributed by atoms with Gasteiger partial charge in [-0.3, -0.25) is 9.78 Å². The van der Waals surface area contributed by atoms with E-state index in [2.05, 4.69) is 20.6 Å². The van der Waals surface area contributed by atoms with Gasteiger partial charge in [-0.05, 0) is 36.1 Å². The quantitative estimate of drug-likeness (QED) is 0.714. The van der Waals surface area contributed by atoms with Gasteiger partial charge in [-0.15, -0.1) is 16.4 Å². The molecule has 124 valence electrons. The van der Waals surface area contributed by atoms with Gasteiger partial charge in [0.25, 0.3) is 5.91 Å². The first-order valence-electron chi connectivity index (χ1n) is 7.46. The van der Waals surface area contributed by atoms with Crippen molar-refractivity contribution in [2.75, 3.05) is 0 Å². The maximum absolute atomic E-state index is 12.3. The first-order valence-corrected chi connectivity index (χ1v) is 8.34. The van der Waals surface area contributed by atoms with Crippen LogP contribution in [0.5, 0.6) is 0 Å². The van der Waals surface area contributed by atoms with Crippen LogP contribution >= 0.6 is 11.3 Å². The Morgan fingerprint density at radius 1 is 1.38 bits per heavy atom. The van der Waals surface area contributed by atoms with Gasteiger partial charge in [0.05, 0.1) is 18.8 Å². The second-order valence-electron chi connectivity index (χ2n) is 5.33. The molecule has 0 radical (unpaired) electrons. The van der Waals surface area contributed by atoms with E-state index < -0.39 is 6.10 Å². The van der Waals surface area contributed by atoms with E-state index in [-0.39, 0.29) is 24.2 Å². The van der Waals surface area contributed by atoms with Gasteiger partial charge in [0.15, 0.2) is 5.69 Å². The average Bonchev–Trinajstić information content (AvgIpc) is 3.27. The molecule has 8 heteroatoms. The molecule has 0 aliphatic heterocycles. The van der Waals surface area contributed by atoms with Gasteiger partial charge in [0, 0.05) is 17.3 Å². The second kappa shape index (κ2) is 7.33. The molecule has 0 fully saturated rings. The minimum Gasteiger partial charge on any atom is -0.386 e. The first-order chi connectivity index (χ1) is 11.6. The Kier molecular flexibility index (Phi) is 4.97. The monoisotopic (exact) mass is 343 g/mol.